The van der Waals surface area contributed by atoms with Crippen molar-refractivity contribution >= 4 is 29.1 Å². The second-order valence-corrected chi connectivity index (χ2v) is 9.78. The lowest BCUT2D eigenvalue weighted by Gasteiger charge is -2.51. The average molecular weight is 523 g/mol. The van der Waals surface area contributed by atoms with Gasteiger partial charge in [-0.2, -0.15) is 0 Å². The summed E-state index contributed by atoms with van der Waals surface area (Å²) in [5.41, 5.74) is 1.02. The summed E-state index contributed by atoms with van der Waals surface area (Å²) in [6.07, 6.45) is 5.98. The van der Waals surface area contributed by atoms with Gasteiger partial charge in [-0.15, -0.1) is 10.2 Å². The zero-order valence-electron chi connectivity index (χ0n) is 20.4. The van der Waals surface area contributed by atoms with Crippen LogP contribution in [0.4, 0.5) is 32.0 Å². The molecule has 4 aromatic rings. The van der Waals surface area contributed by atoms with Gasteiger partial charge in [0.15, 0.2) is 17.5 Å². The molecule has 12 nitrogen and oxygen atoms in total. The van der Waals surface area contributed by atoms with E-state index >= 15 is 0 Å². The maximum absolute atomic E-state index is 13.4. The largest absolute Gasteiger partial charge is 0.399 e. The number of nitrogens with one attached hydrogen (secondary N) is 2. The highest BCUT2D eigenvalue weighted by Crippen LogP contribution is 2.56. The van der Waals surface area contributed by atoms with Gasteiger partial charge >= 0.3 is 17.8 Å². The first-order chi connectivity index (χ1) is 18.4. The van der Waals surface area contributed by atoms with Gasteiger partial charge in [-0.1, -0.05) is 5.10 Å². The monoisotopic (exact) mass is 522 g/mol. The molecule has 0 atom stereocenters. The maximum Gasteiger partial charge on any atom is 0.320 e. The number of aromatic nitrogens is 7. The third kappa shape index (κ3) is 4.64. The lowest BCUT2D eigenvalue weighted by Crippen LogP contribution is -2.47. The lowest BCUT2D eigenvalue weighted by atomic mass is 9.57. The first-order valence-corrected chi connectivity index (χ1v) is 12.2. The molecule has 1 spiro atoms. The molecular weight excluding hydrogens is 498 g/mol. The number of benzene rings is 1. The molecule has 1 aliphatic carbocycles. The molecule has 2 fully saturated rings. The summed E-state index contributed by atoms with van der Waals surface area (Å²) in [6, 6.07) is 6.70. The second-order valence-electron chi connectivity index (χ2n) is 9.78. The normalized spacial score (nSPS) is 16.9. The molecule has 1 aromatic carbocycles. The van der Waals surface area contributed by atoms with Crippen molar-refractivity contribution in [2.75, 3.05) is 28.6 Å². The summed E-state index contributed by atoms with van der Waals surface area (Å²) < 4.78 is 33.5. The predicted molar refractivity (Wildman–Crippen MR) is 131 cm³/mol. The summed E-state index contributed by atoms with van der Waals surface area (Å²) in [7, 11) is 1.89. The van der Waals surface area contributed by atoms with Crippen LogP contribution < -0.4 is 15.5 Å². The number of halogens is 2. The van der Waals surface area contributed by atoms with Crippen LogP contribution in [0.15, 0.2) is 40.9 Å². The third-order valence-corrected chi connectivity index (χ3v) is 7.32. The molecule has 2 N–H and O–H groups in total. The van der Waals surface area contributed by atoms with E-state index in [1.165, 1.54) is 6.07 Å². The van der Waals surface area contributed by atoms with Crippen LogP contribution in [0.5, 0.6) is 0 Å². The third-order valence-electron chi connectivity index (χ3n) is 7.32. The van der Waals surface area contributed by atoms with Crippen molar-refractivity contribution in [1.82, 2.24) is 35.4 Å². The van der Waals surface area contributed by atoms with Crippen molar-refractivity contribution in [3.8, 4) is 0 Å². The summed E-state index contributed by atoms with van der Waals surface area (Å²) >= 11 is 0. The molecule has 1 aliphatic heterocycles. The number of hydrogen-bond donors (Lipinski definition) is 2. The molecule has 4 heterocycles. The Hall–Kier alpha value is -4.49. The highest BCUT2D eigenvalue weighted by atomic mass is 19.2. The van der Waals surface area contributed by atoms with E-state index in [2.05, 4.69) is 46.2 Å². The SMILES string of the molecule is Cn1nnnc1C1CC2(CCN(c3ccc(NC(=O)c4nnc(Nc5ccc(F)c(F)c5)o4)cn3)CC2)C1. The minimum absolute atomic E-state index is 0.136. The number of tetrazole rings is 1. The predicted octanol–water partition coefficient (Wildman–Crippen LogP) is 3.43. The maximum atomic E-state index is 13.4. The standard InChI is InChI=1S/C24H24F2N10O2/c1-35-20(30-33-34-35)14-11-24(12-14)6-8-36(9-7-24)19-5-3-16(13-27-19)28-21(37)22-31-32-23(38-22)29-15-2-4-17(25)18(26)10-15/h2-5,10,13-14H,6-9,11-12H2,1H3,(H,28,37)(H,29,32). The van der Waals surface area contributed by atoms with E-state index in [9.17, 15) is 13.6 Å². The summed E-state index contributed by atoms with van der Waals surface area (Å²) in [4.78, 5) is 19.3. The molecule has 0 radical (unpaired) electrons. The number of carbonyl (C=O) groups excluding carboxylic acids is 1. The average Bonchev–Trinajstić information content (AvgIpc) is 3.54. The van der Waals surface area contributed by atoms with Gasteiger partial charge in [0.2, 0.25) is 0 Å². The van der Waals surface area contributed by atoms with Crippen LogP contribution in [0, 0.1) is 17.0 Å². The minimum atomic E-state index is -1.03. The highest BCUT2D eigenvalue weighted by Gasteiger charge is 2.48. The van der Waals surface area contributed by atoms with Crippen LogP contribution in [0.2, 0.25) is 0 Å². The van der Waals surface area contributed by atoms with E-state index < -0.39 is 17.5 Å². The fourth-order valence-electron chi connectivity index (χ4n) is 5.26. The van der Waals surface area contributed by atoms with Crippen molar-refractivity contribution in [2.45, 2.75) is 31.6 Å². The molecule has 38 heavy (non-hydrogen) atoms. The number of rotatable bonds is 6. The number of piperidine rings is 1. The van der Waals surface area contributed by atoms with Crippen LogP contribution in [-0.4, -0.2) is 54.4 Å². The van der Waals surface area contributed by atoms with Crippen molar-refractivity contribution in [2.24, 2.45) is 12.5 Å². The Morgan fingerprint density at radius 1 is 1.05 bits per heavy atom. The number of pyridine rings is 1. The first kappa shape index (κ1) is 23.9. The van der Waals surface area contributed by atoms with E-state index in [-0.39, 0.29) is 17.6 Å². The van der Waals surface area contributed by atoms with Crippen molar-refractivity contribution in [1.29, 1.82) is 0 Å². The van der Waals surface area contributed by atoms with E-state index in [4.69, 9.17) is 4.42 Å². The Bertz CT molecular complexity index is 1460. The molecule has 196 valence electrons. The Morgan fingerprint density at radius 2 is 1.84 bits per heavy atom. The van der Waals surface area contributed by atoms with Crippen LogP contribution in [0.3, 0.4) is 0 Å². The second kappa shape index (κ2) is 9.43. The van der Waals surface area contributed by atoms with Crippen molar-refractivity contribution < 1.29 is 18.0 Å². The minimum Gasteiger partial charge on any atom is -0.399 e. The lowest BCUT2D eigenvalue weighted by molar-refractivity contribution is 0.0625. The zero-order chi connectivity index (χ0) is 26.3. The zero-order valence-corrected chi connectivity index (χ0v) is 20.4. The number of anilines is 4. The number of nitrogens with zero attached hydrogens (tertiary/aromatic N) is 8. The molecule has 6 rings (SSSR count). The van der Waals surface area contributed by atoms with Gasteiger partial charge in [-0.05, 0) is 65.8 Å². The highest BCUT2D eigenvalue weighted by molar-refractivity contribution is 6.00. The summed E-state index contributed by atoms with van der Waals surface area (Å²) in [5, 5.41) is 24.6. The number of hydrogen-bond acceptors (Lipinski definition) is 10. The molecule has 1 saturated carbocycles. The number of carbonyl (C=O) groups is 1. The fraction of sp³-hybridized carbons (Fsp3) is 0.375. The Labute approximate surface area is 215 Å². The molecule has 14 heteroatoms. The Kier molecular flexibility index (Phi) is 5.93. The van der Waals surface area contributed by atoms with Crippen LogP contribution in [-0.2, 0) is 7.05 Å². The molecule has 3 aromatic heterocycles. The Balaban J connectivity index is 1.01. The quantitative estimate of drug-likeness (QED) is 0.387. The fourth-order valence-corrected chi connectivity index (χ4v) is 5.26. The van der Waals surface area contributed by atoms with Gasteiger partial charge in [0.05, 0.1) is 11.9 Å². The van der Waals surface area contributed by atoms with Crippen LogP contribution >= 0.6 is 0 Å². The molecular formula is C24H24F2N10O2. The molecule has 0 bridgehead atoms. The van der Waals surface area contributed by atoms with Gasteiger partial charge < -0.3 is 20.0 Å². The summed E-state index contributed by atoms with van der Waals surface area (Å²) in [6.45, 7) is 1.83. The van der Waals surface area contributed by atoms with E-state index in [0.29, 0.717) is 17.0 Å². The molecule has 1 saturated heterocycles. The topological polar surface area (TPSA) is 140 Å². The van der Waals surface area contributed by atoms with E-state index in [1.807, 2.05) is 13.1 Å². The number of amides is 1. The Morgan fingerprint density at radius 3 is 2.53 bits per heavy atom. The van der Waals surface area contributed by atoms with Gasteiger partial charge in [0.1, 0.15) is 5.82 Å². The smallest absolute Gasteiger partial charge is 0.320 e. The van der Waals surface area contributed by atoms with E-state index in [0.717, 1.165) is 62.5 Å². The first-order valence-electron chi connectivity index (χ1n) is 12.2. The molecule has 2 aliphatic rings. The molecule has 1 amide bonds. The van der Waals surface area contributed by atoms with Crippen LogP contribution in [0.25, 0.3) is 0 Å². The summed E-state index contributed by atoms with van der Waals surface area (Å²) in [5.74, 6) is -0.677. The molecule has 0 unspecified atom stereocenters. The van der Waals surface area contributed by atoms with Gasteiger partial charge in [0.25, 0.3) is 0 Å². The van der Waals surface area contributed by atoms with Gasteiger partial charge in [-0.25, -0.2) is 18.4 Å². The van der Waals surface area contributed by atoms with Crippen molar-refractivity contribution in [3.05, 3.63) is 59.9 Å². The van der Waals surface area contributed by atoms with Crippen molar-refractivity contribution in [3.63, 3.8) is 0 Å². The number of aryl methyl sites for hydroxylation is 1. The van der Waals surface area contributed by atoms with Gasteiger partial charge in [-0.3, -0.25) is 4.79 Å². The van der Waals surface area contributed by atoms with Gasteiger partial charge in [0, 0.05) is 37.8 Å². The van der Waals surface area contributed by atoms with E-state index in [1.54, 1.807) is 16.9 Å². The van der Waals surface area contributed by atoms with Crippen LogP contribution in [0.1, 0.15) is 48.1 Å².